The fourth-order valence-corrected chi connectivity index (χ4v) is 2.10. The fourth-order valence-electron chi connectivity index (χ4n) is 2.10. The molecular formula is C14H16N6O. The number of benzene rings is 1. The maximum Gasteiger partial charge on any atom is 0.226 e. The fraction of sp³-hybridized carbons (Fsp3) is 0.214. The molecule has 0 fully saturated rings. The predicted octanol–water partition coefficient (Wildman–Crippen LogP) is 2.17. The van der Waals surface area contributed by atoms with Gasteiger partial charge in [-0.15, -0.1) is 0 Å². The van der Waals surface area contributed by atoms with Gasteiger partial charge >= 0.3 is 0 Å². The topological polar surface area (TPSA) is 79.0 Å². The molecule has 0 unspecified atom stereocenters. The summed E-state index contributed by atoms with van der Waals surface area (Å²) in [5.74, 6) is 2.11. The Morgan fingerprint density at radius 3 is 2.62 bits per heavy atom. The normalized spacial score (nSPS) is 10.6. The van der Waals surface area contributed by atoms with Crippen LogP contribution in [0.25, 0.3) is 11.2 Å². The van der Waals surface area contributed by atoms with E-state index in [4.69, 9.17) is 4.74 Å². The van der Waals surface area contributed by atoms with Crippen molar-refractivity contribution < 1.29 is 4.74 Å². The molecule has 0 amide bonds. The van der Waals surface area contributed by atoms with Crippen molar-refractivity contribution in [3.05, 3.63) is 30.6 Å². The number of nitrogens with zero attached hydrogens (tertiary/aromatic N) is 4. The smallest absolute Gasteiger partial charge is 0.226 e. The lowest BCUT2D eigenvalue weighted by Crippen LogP contribution is -2.13. The van der Waals surface area contributed by atoms with Crippen LogP contribution in [0.5, 0.6) is 5.75 Å². The molecule has 21 heavy (non-hydrogen) atoms. The summed E-state index contributed by atoms with van der Waals surface area (Å²) in [5.41, 5.74) is 2.42. The van der Waals surface area contributed by atoms with Crippen LogP contribution in [0.1, 0.15) is 0 Å². The highest BCUT2D eigenvalue weighted by molar-refractivity contribution is 5.86. The molecule has 0 aliphatic carbocycles. The SMILES string of the molecule is CNc1nc(N(C)c2ccc(OC)cc2)c2[nH]cnc2n1. The Morgan fingerprint density at radius 2 is 1.95 bits per heavy atom. The Morgan fingerprint density at radius 1 is 1.19 bits per heavy atom. The van der Waals surface area contributed by atoms with Crippen LogP contribution in [0.2, 0.25) is 0 Å². The number of aromatic nitrogens is 4. The number of ether oxygens (including phenoxy) is 1. The molecule has 0 bridgehead atoms. The quantitative estimate of drug-likeness (QED) is 0.764. The van der Waals surface area contributed by atoms with Gasteiger partial charge in [-0.25, -0.2) is 4.98 Å². The third-order valence-electron chi connectivity index (χ3n) is 3.27. The molecule has 0 spiro atoms. The molecule has 0 saturated carbocycles. The Bertz CT molecular complexity index is 752. The second kappa shape index (κ2) is 5.28. The van der Waals surface area contributed by atoms with Crippen LogP contribution in [0.3, 0.4) is 0 Å². The molecule has 0 aliphatic rings. The van der Waals surface area contributed by atoms with E-state index in [0.717, 1.165) is 22.8 Å². The monoisotopic (exact) mass is 284 g/mol. The van der Waals surface area contributed by atoms with E-state index in [1.54, 1.807) is 20.5 Å². The first kappa shape index (κ1) is 13.2. The summed E-state index contributed by atoms with van der Waals surface area (Å²) < 4.78 is 5.18. The number of anilines is 3. The number of hydrogen-bond donors (Lipinski definition) is 2. The molecule has 0 radical (unpaired) electrons. The summed E-state index contributed by atoms with van der Waals surface area (Å²) in [6.45, 7) is 0. The zero-order valence-corrected chi connectivity index (χ0v) is 12.1. The van der Waals surface area contributed by atoms with E-state index in [9.17, 15) is 0 Å². The average molecular weight is 284 g/mol. The maximum atomic E-state index is 5.18. The number of fused-ring (bicyclic) bond motifs is 1. The Kier molecular flexibility index (Phi) is 3.31. The zero-order valence-electron chi connectivity index (χ0n) is 12.1. The van der Waals surface area contributed by atoms with Crippen LogP contribution in [0.4, 0.5) is 17.5 Å². The molecule has 2 aromatic heterocycles. The molecule has 0 atom stereocenters. The van der Waals surface area contributed by atoms with Crippen molar-refractivity contribution in [1.29, 1.82) is 0 Å². The lowest BCUT2D eigenvalue weighted by Gasteiger charge is -2.19. The lowest BCUT2D eigenvalue weighted by molar-refractivity contribution is 0.415. The van der Waals surface area contributed by atoms with Crippen LogP contribution in [0, 0.1) is 0 Å². The van der Waals surface area contributed by atoms with Crippen molar-refractivity contribution in [2.24, 2.45) is 0 Å². The van der Waals surface area contributed by atoms with E-state index in [1.165, 1.54) is 0 Å². The van der Waals surface area contributed by atoms with Crippen molar-refractivity contribution in [1.82, 2.24) is 19.9 Å². The maximum absolute atomic E-state index is 5.18. The van der Waals surface area contributed by atoms with Crippen molar-refractivity contribution in [2.75, 3.05) is 31.4 Å². The van der Waals surface area contributed by atoms with Gasteiger partial charge in [-0.05, 0) is 24.3 Å². The highest BCUT2D eigenvalue weighted by Crippen LogP contribution is 2.28. The van der Waals surface area contributed by atoms with E-state index >= 15 is 0 Å². The molecule has 7 heteroatoms. The van der Waals surface area contributed by atoms with Gasteiger partial charge in [0.15, 0.2) is 11.5 Å². The lowest BCUT2D eigenvalue weighted by atomic mass is 10.2. The van der Waals surface area contributed by atoms with E-state index in [2.05, 4.69) is 25.3 Å². The largest absolute Gasteiger partial charge is 0.497 e. The number of hydrogen-bond acceptors (Lipinski definition) is 6. The first-order chi connectivity index (χ1) is 10.2. The molecule has 1 aromatic carbocycles. The van der Waals surface area contributed by atoms with Gasteiger partial charge in [0, 0.05) is 19.8 Å². The number of H-pyrrole nitrogens is 1. The van der Waals surface area contributed by atoms with E-state index in [-0.39, 0.29) is 0 Å². The number of nitrogens with one attached hydrogen (secondary N) is 2. The molecule has 0 saturated heterocycles. The zero-order chi connectivity index (χ0) is 14.8. The van der Waals surface area contributed by atoms with E-state index in [1.807, 2.05) is 36.2 Å². The highest BCUT2D eigenvalue weighted by atomic mass is 16.5. The van der Waals surface area contributed by atoms with E-state index in [0.29, 0.717) is 11.6 Å². The third-order valence-corrected chi connectivity index (χ3v) is 3.27. The van der Waals surface area contributed by atoms with Crippen molar-refractivity contribution in [3.8, 4) is 5.75 Å². The Labute approximate surface area is 122 Å². The molecule has 3 aromatic rings. The van der Waals surface area contributed by atoms with Gasteiger partial charge in [0.05, 0.1) is 13.4 Å². The summed E-state index contributed by atoms with van der Waals surface area (Å²) in [5, 5.41) is 2.95. The predicted molar refractivity (Wildman–Crippen MR) is 82.3 cm³/mol. The molecule has 7 nitrogen and oxygen atoms in total. The van der Waals surface area contributed by atoms with Gasteiger partial charge in [0.25, 0.3) is 0 Å². The van der Waals surface area contributed by atoms with Crippen LogP contribution < -0.4 is 15.0 Å². The summed E-state index contributed by atoms with van der Waals surface area (Å²) in [6.07, 6.45) is 1.62. The Balaban J connectivity index is 2.07. The van der Waals surface area contributed by atoms with Crippen LogP contribution in [-0.4, -0.2) is 41.1 Å². The summed E-state index contributed by atoms with van der Waals surface area (Å²) >= 11 is 0. The molecule has 3 rings (SSSR count). The summed E-state index contributed by atoms with van der Waals surface area (Å²) in [6, 6.07) is 7.77. The van der Waals surface area contributed by atoms with Gasteiger partial charge in [0.2, 0.25) is 5.95 Å². The van der Waals surface area contributed by atoms with E-state index < -0.39 is 0 Å². The standard InChI is InChI=1S/C14H16N6O/c1-15-14-18-12-11(16-8-17-12)13(19-14)20(2)9-4-6-10(21-3)7-5-9/h4-8H,1-3H3,(H2,15,16,17,18,19). The van der Waals surface area contributed by atoms with Gasteiger partial charge < -0.3 is 19.9 Å². The van der Waals surface area contributed by atoms with Gasteiger partial charge in [-0.3, -0.25) is 0 Å². The third kappa shape index (κ3) is 2.33. The first-order valence-corrected chi connectivity index (χ1v) is 6.49. The number of aromatic amines is 1. The minimum atomic E-state index is 0.532. The van der Waals surface area contributed by atoms with Crippen molar-refractivity contribution in [2.45, 2.75) is 0 Å². The molecule has 2 N–H and O–H groups in total. The molecule has 0 aliphatic heterocycles. The molecule has 108 valence electrons. The van der Waals surface area contributed by atoms with Gasteiger partial charge in [-0.2, -0.15) is 9.97 Å². The molecular weight excluding hydrogens is 268 g/mol. The van der Waals surface area contributed by atoms with Crippen molar-refractivity contribution >= 4 is 28.6 Å². The number of methoxy groups -OCH3 is 1. The minimum absolute atomic E-state index is 0.532. The summed E-state index contributed by atoms with van der Waals surface area (Å²) in [7, 11) is 5.38. The number of imidazole rings is 1. The van der Waals surface area contributed by atoms with Crippen LogP contribution in [-0.2, 0) is 0 Å². The average Bonchev–Trinajstić information content (AvgIpc) is 3.01. The minimum Gasteiger partial charge on any atom is -0.497 e. The van der Waals surface area contributed by atoms with Gasteiger partial charge in [-0.1, -0.05) is 0 Å². The second-order valence-corrected chi connectivity index (χ2v) is 4.48. The summed E-state index contributed by atoms with van der Waals surface area (Å²) in [4.78, 5) is 18.1. The Hall–Kier alpha value is -2.83. The van der Waals surface area contributed by atoms with Crippen molar-refractivity contribution in [3.63, 3.8) is 0 Å². The van der Waals surface area contributed by atoms with Crippen LogP contribution >= 0.6 is 0 Å². The highest BCUT2D eigenvalue weighted by Gasteiger charge is 2.14. The first-order valence-electron chi connectivity index (χ1n) is 6.49. The van der Waals surface area contributed by atoms with Gasteiger partial charge in [0.1, 0.15) is 11.3 Å². The second-order valence-electron chi connectivity index (χ2n) is 4.48. The van der Waals surface area contributed by atoms with Crippen LogP contribution in [0.15, 0.2) is 30.6 Å². The molecule has 2 heterocycles. The number of rotatable bonds is 4.